The molecule has 2 aromatic rings. The second kappa shape index (κ2) is 6.22. The van der Waals surface area contributed by atoms with Crippen molar-refractivity contribution in [1.82, 2.24) is 9.55 Å². The van der Waals surface area contributed by atoms with Crippen LogP contribution in [0.15, 0.2) is 12.1 Å². The van der Waals surface area contributed by atoms with Crippen molar-refractivity contribution in [1.29, 1.82) is 0 Å². The first-order chi connectivity index (χ1) is 9.56. The molecule has 0 N–H and O–H groups in total. The number of aromatic nitrogens is 2. The van der Waals surface area contributed by atoms with Crippen LogP contribution in [-0.4, -0.2) is 28.0 Å². The number of halogens is 2. The summed E-state index contributed by atoms with van der Waals surface area (Å²) in [7, 11) is 0. The third kappa shape index (κ3) is 2.93. The molecule has 0 saturated heterocycles. The SMILES string of the molecule is CCOC(=O)Cn1c(CCCl)nc2cc(F)c(C)cc21. The van der Waals surface area contributed by atoms with E-state index < -0.39 is 0 Å². The van der Waals surface area contributed by atoms with E-state index in [1.54, 1.807) is 24.5 Å². The van der Waals surface area contributed by atoms with Gasteiger partial charge in [-0.15, -0.1) is 11.6 Å². The summed E-state index contributed by atoms with van der Waals surface area (Å²) in [6.07, 6.45) is 0.510. The molecule has 0 saturated carbocycles. The Morgan fingerprint density at radius 2 is 2.25 bits per heavy atom. The van der Waals surface area contributed by atoms with Crippen molar-refractivity contribution in [2.24, 2.45) is 0 Å². The van der Waals surface area contributed by atoms with Crippen molar-refractivity contribution in [3.05, 3.63) is 29.3 Å². The maximum absolute atomic E-state index is 13.6. The van der Waals surface area contributed by atoms with Gasteiger partial charge in [-0.1, -0.05) is 0 Å². The van der Waals surface area contributed by atoms with Crippen molar-refractivity contribution in [3.8, 4) is 0 Å². The third-order valence-electron chi connectivity index (χ3n) is 3.02. The molecule has 1 aromatic heterocycles. The standard InChI is InChI=1S/C14H16ClFN2O2/c1-3-20-14(19)8-18-12-6-9(2)10(16)7-11(12)17-13(18)4-5-15/h6-7H,3-5,8H2,1-2H3. The van der Waals surface area contributed by atoms with Crippen LogP contribution in [-0.2, 0) is 22.5 Å². The third-order valence-corrected chi connectivity index (χ3v) is 3.21. The molecule has 0 aliphatic carbocycles. The zero-order valence-corrected chi connectivity index (χ0v) is 12.2. The highest BCUT2D eigenvalue weighted by Gasteiger charge is 2.15. The molecule has 0 fully saturated rings. The summed E-state index contributed by atoms with van der Waals surface area (Å²) in [6, 6.07) is 3.07. The summed E-state index contributed by atoms with van der Waals surface area (Å²) in [4.78, 5) is 16.0. The maximum Gasteiger partial charge on any atom is 0.326 e. The van der Waals surface area contributed by atoms with E-state index in [2.05, 4.69) is 4.98 Å². The predicted molar refractivity (Wildman–Crippen MR) is 75.5 cm³/mol. The van der Waals surface area contributed by atoms with Crippen molar-refractivity contribution < 1.29 is 13.9 Å². The highest BCUT2D eigenvalue weighted by Crippen LogP contribution is 2.21. The minimum absolute atomic E-state index is 0.0572. The first-order valence-corrected chi connectivity index (χ1v) is 6.97. The van der Waals surface area contributed by atoms with Gasteiger partial charge in [0.15, 0.2) is 0 Å². The molecule has 4 nitrogen and oxygen atoms in total. The molecule has 6 heteroatoms. The topological polar surface area (TPSA) is 44.1 Å². The number of esters is 1. The number of ether oxygens (including phenoxy) is 1. The normalized spacial score (nSPS) is 11.0. The number of hydrogen-bond acceptors (Lipinski definition) is 3. The van der Waals surface area contributed by atoms with Gasteiger partial charge in [-0.05, 0) is 25.5 Å². The zero-order valence-electron chi connectivity index (χ0n) is 11.4. The summed E-state index contributed by atoms with van der Waals surface area (Å²) >= 11 is 5.75. The summed E-state index contributed by atoms with van der Waals surface area (Å²) in [5.74, 6) is 0.390. The quantitative estimate of drug-likeness (QED) is 0.630. The lowest BCUT2D eigenvalue weighted by molar-refractivity contribution is -0.143. The number of rotatable bonds is 5. The minimum atomic E-state index is -0.343. The summed E-state index contributed by atoms with van der Waals surface area (Å²) in [6.45, 7) is 3.81. The van der Waals surface area contributed by atoms with Crippen LogP contribution < -0.4 is 0 Å². The van der Waals surface area contributed by atoms with E-state index in [-0.39, 0.29) is 18.3 Å². The average Bonchev–Trinajstić information content (AvgIpc) is 2.69. The van der Waals surface area contributed by atoms with Gasteiger partial charge in [0.05, 0.1) is 17.6 Å². The van der Waals surface area contributed by atoms with E-state index >= 15 is 0 Å². The van der Waals surface area contributed by atoms with Crippen LogP contribution in [0.3, 0.4) is 0 Å². The van der Waals surface area contributed by atoms with Crippen LogP contribution in [0.2, 0.25) is 0 Å². The number of alkyl halides is 1. The number of fused-ring (bicyclic) bond motifs is 1. The molecule has 1 aromatic carbocycles. The Kier molecular flexibility index (Phi) is 4.60. The first-order valence-electron chi connectivity index (χ1n) is 6.43. The lowest BCUT2D eigenvalue weighted by Crippen LogP contribution is -2.15. The van der Waals surface area contributed by atoms with Gasteiger partial charge < -0.3 is 9.30 Å². The van der Waals surface area contributed by atoms with Gasteiger partial charge in [-0.3, -0.25) is 4.79 Å². The van der Waals surface area contributed by atoms with Crippen molar-refractivity contribution in [2.45, 2.75) is 26.8 Å². The second-order valence-electron chi connectivity index (χ2n) is 4.45. The Hall–Kier alpha value is -1.62. The van der Waals surface area contributed by atoms with Crippen molar-refractivity contribution in [2.75, 3.05) is 12.5 Å². The number of aryl methyl sites for hydroxylation is 2. The molecule has 0 aliphatic rings. The van der Waals surface area contributed by atoms with Gasteiger partial charge in [-0.2, -0.15) is 0 Å². The van der Waals surface area contributed by atoms with Gasteiger partial charge >= 0.3 is 5.97 Å². The van der Waals surface area contributed by atoms with E-state index in [4.69, 9.17) is 16.3 Å². The van der Waals surface area contributed by atoms with Crippen LogP contribution in [0.1, 0.15) is 18.3 Å². The smallest absolute Gasteiger partial charge is 0.326 e. The molecule has 20 heavy (non-hydrogen) atoms. The van der Waals surface area contributed by atoms with E-state index in [1.165, 1.54) is 6.07 Å². The van der Waals surface area contributed by atoms with Crippen LogP contribution in [0.4, 0.5) is 4.39 Å². The van der Waals surface area contributed by atoms with Crippen LogP contribution in [0.25, 0.3) is 11.0 Å². The minimum Gasteiger partial charge on any atom is -0.465 e. The number of carbonyl (C=O) groups is 1. The highest BCUT2D eigenvalue weighted by atomic mass is 35.5. The molecule has 0 aliphatic heterocycles. The molecule has 0 radical (unpaired) electrons. The molecule has 2 rings (SSSR count). The molecular formula is C14H16ClFN2O2. The van der Waals surface area contributed by atoms with Gasteiger partial charge in [0.1, 0.15) is 18.2 Å². The average molecular weight is 299 g/mol. The molecular weight excluding hydrogens is 283 g/mol. The van der Waals surface area contributed by atoms with Gasteiger partial charge in [-0.25, -0.2) is 9.37 Å². The number of benzene rings is 1. The fourth-order valence-corrected chi connectivity index (χ4v) is 2.26. The monoisotopic (exact) mass is 298 g/mol. The van der Waals surface area contributed by atoms with Crippen molar-refractivity contribution >= 4 is 28.6 Å². The summed E-state index contributed by atoms with van der Waals surface area (Å²) in [5, 5.41) is 0. The second-order valence-corrected chi connectivity index (χ2v) is 4.83. The van der Waals surface area contributed by atoms with Gasteiger partial charge in [0.25, 0.3) is 0 Å². The van der Waals surface area contributed by atoms with Crippen LogP contribution >= 0.6 is 11.6 Å². The van der Waals surface area contributed by atoms with Crippen LogP contribution in [0.5, 0.6) is 0 Å². The number of carbonyl (C=O) groups excluding carboxylic acids is 1. The van der Waals surface area contributed by atoms with Gasteiger partial charge in [0.2, 0.25) is 0 Å². The fraction of sp³-hybridized carbons (Fsp3) is 0.429. The van der Waals surface area contributed by atoms with Crippen LogP contribution in [0, 0.1) is 12.7 Å². The Morgan fingerprint density at radius 3 is 2.90 bits per heavy atom. The Morgan fingerprint density at radius 1 is 1.50 bits per heavy atom. The highest BCUT2D eigenvalue weighted by molar-refractivity contribution is 6.17. The number of hydrogen-bond donors (Lipinski definition) is 0. The predicted octanol–water partition coefficient (Wildman–Crippen LogP) is 2.83. The molecule has 108 valence electrons. The fourth-order valence-electron chi connectivity index (χ4n) is 2.09. The van der Waals surface area contributed by atoms with E-state index in [1.807, 2.05) is 0 Å². The maximum atomic E-state index is 13.6. The van der Waals surface area contributed by atoms with Gasteiger partial charge in [0, 0.05) is 18.4 Å². The number of imidazole rings is 1. The Labute approximate surface area is 121 Å². The Balaban J connectivity index is 2.50. The lowest BCUT2D eigenvalue weighted by Gasteiger charge is -2.08. The summed E-state index contributed by atoms with van der Waals surface area (Å²) < 4.78 is 20.3. The largest absolute Gasteiger partial charge is 0.465 e. The lowest BCUT2D eigenvalue weighted by atomic mass is 10.2. The molecule has 0 amide bonds. The Bertz CT molecular complexity index is 640. The molecule has 0 bridgehead atoms. The molecule has 0 unspecified atom stereocenters. The van der Waals surface area contributed by atoms with E-state index in [0.717, 1.165) is 5.52 Å². The first kappa shape index (κ1) is 14.8. The molecule has 0 spiro atoms. The van der Waals surface area contributed by atoms with Crippen molar-refractivity contribution in [3.63, 3.8) is 0 Å². The van der Waals surface area contributed by atoms with E-state index in [9.17, 15) is 9.18 Å². The zero-order chi connectivity index (χ0) is 14.7. The molecule has 1 heterocycles. The number of nitrogens with zero attached hydrogens (tertiary/aromatic N) is 2. The summed E-state index contributed by atoms with van der Waals surface area (Å²) in [5.41, 5.74) is 1.76. The molecule has 0 atom stereocenters. The van der Waals surface area contributed by atoms with E-state index in [0.29, 0.717) is 35.8 Å².